The van der Waals surface area contributed by atoms with Crippen LogP contribution in [0, 0.1) is 6.92 Å². The summed E-state index contributed by atoms with van der Waals surface area (Å²) in [7, 11) is -2.99. The van der Waals surface area contributed by atoms with Crippen molar-refractivity contribution in [1.82, 2.24) is 4.72 Å². The molecule has 0 radical (unpaired) electrons. The number of halogens is 1. The van der Waals surface area contributed by atoms with Crippen molar-refractivity contribution in [2.45, 2.75) is 11.8 Å². The van der Waals surface area contributed by atoms with Crippen LogP contribution in [0.25, 0.3) is 0 Å². The summed E-state index contributed by atoms with van der Waals surface area (Å²) in [5.41, 5.74) is 1.16. The topological polar surface area (TPSA) is 111 Å². The molecule has 0 aliphatic rings. The fourth-order valence-corrected chi connectivity index (χ4v) is 3.18. The van der Waals surface area contributed by atoms with Gasteiger partial charge in [0.05, 0.1) is 12.0 Å². The van der Waals surface area contributed by atoms with Gasteiger partial charge in [0.1, 0.15) is 5.75 Å². The normalized spacial score (nSPS) is 10.8. The number of benzene rings is 2. The van der Waals surface area contributed by atoms with Crippen molar-refractivity contribution in [3.8, 4) is 5.75 Å². The summed E-state index contributed by atoms with van der Waals surface area (Å²) in [5.74, 6) is 0.109. The lowest BCUT2D eigenvalue weighted by molar-refractivity contribution is -0.118. The van der Waals surface area contributed by atoms with Crippen LogP contribution < -0.4 is 14.8 Å². The third-order valence-electron chi connectivity index (χ3n) is 3.35. The summed E-state index contributed by atoms with van der Waals surface area (Å²) >= 11 is 5.86. The van der Waals surface area contributed by atoms with E-state index in [0.717, 1.165) is 12.7 Å². The number of carbonyl (C=O) groups excluding carboxylic acids is 2. The number of hydrogen-bond donors (Lipinski definition) is 2. The van der Waals surface area contributed by atoms with Gasteiger partial charge in [0.15, 0.2) is 6.61 Å². The van der Waals surface area contributed by atoms with E-state index in [1.54, 1.807) is 29.8 Å². The second-order valence-electron chi connectivity index (χ2n) is 5.37. The number of ether oxygens (including phenoxy) is 2. The maximum absolute atomic E-state index is 12.0. The molecule has 10 heteroatoms. The van der Waals surface area contributed by atoms with Crippen LogP contribution in [0.2, 0.25) is 5.02 Å². The van der Waals surface area contributed by atoms with E-state index in [0.29, 0.717) is 16.5 Å². The first-order valence-corrected chi connectivity index (χ1v) is 9.47. The fraction of sp³-hybridized carbons (Fsp3) is 0.176. The van der Waals surface area contributed by atoms with E-state index in [9.17, 15) is 18.0 Å². The van der Waals surface area contributed by atoms with Crippen molar-refractivity contribution in [2.24, 2.45) is 0 Å². The van der Waals surface area contributed by atoms with Crippen LogP contribution in [-0.4, -0.2) is 34.1 Å². The summed E-state index contributed by atoms with van der Waals surface area (Å²) in [6.07, 6.45) is -1.10. The Labute approximate surface area is 161 Å². The maximum atomic E-state index is 12.0. The predicted octanol–water partition coefficient (Wildman–Crippen LogP) is 2.71. The quantitative estimate of drug-likeness (QED) is 0.754. The highest BCUT2D eigenvalue weighted by atomic mass is 35.5. The first-order valence-electron chi connectivity index (χ1n) is 7.61. The van der Waals surface area contributed by atoms with Gasteiger partial charge in [0.2, 0.25) is 0 Å². The Kier molecular flexibility index (Phi) is 6.65. The van der Waals surface area contributed by atoms with Crippen molar-refractivity contribution in [3.63, 3.8) is 0 Å². The molecule has 0 spiro atoms. The monoisotopic (exact) mass is 412 g/mol. The molecular weight excluding hydrogens is 396 g/mol. The Hall–Kier alpha value is -2.78. The van der Waals surface area contributed by atoms with Crippen molar-refractivity contribution >= 4 is 39.3 Å². The van der Waals surface area contributed by atoms with Crippen molar-refractivity contribution in [2.75, 3.05) is 19.0 Å². The first-order chi connectivity index (χ1) is 12.7. The Bertz CT molecular complexity index is 944. The van der Waals surface area contributed by atoms with E-state index in [2.05, 4.69) is 10.1 Å². The van der Waals surface area contributed by atoms with Gasteiger partial charge in [-0.25, -0.2) is 17.9 Å². The van der Waals surface area contributed by atoms with Crippen LogP contribution in [0.3, 0.4) is 0 Å². The van der Waals surface area contributed by atoms with Crippen molar-refractivity contribution in [3.05, 3.63) is 53.1 Å². The van der Waals surface area contributed by atoms with Crippen molar-refractivity contribution in [1.29, 1.82) is 0 Å². The molecule has 2 N–H and O–H groups in total. The van der Waals surface area contributed by atoms with Crippen LogP contribution in [-0.2, 0) is 19.6 Å². The average Bonchev–Trinajstić information content (AvgIpc) is 2.61. The molecule has 27 heavy (non-hydrogen) atoms. The molecule has 2 rings (SSSR count). The second kappa shape index (κ2) is 8.74. The van der Waals surface area contributed by atoms with Crippen LogP contribution in [0.1, 0.15) is 5.56 Å². The number of rotatable bonds is 6. The maximum Gasteiger partial charge on any atom is 0.420 e. The number of hydrogen-bond acceptors (Lipinski definition) is 6. The SMILES string of the molecule is COC(=O)NS(=O)(=O)c1ccc(NC(=O)COc2ccc(Cl)cc2C)cc1. The standard InChI is InChI=1S/C17H17ClN2O6S/c1-11-9-12(18)3-8-15(11)26-10-16(21)19-13-4-6-14(7-5-13)27(23,24)20-17(22)25-2/h3-9H,10H2,1-2H3,(H,19,21)(H,20,22). The lowest BCUT2D eigenvalue weighted by atomic mass is 10.2. The minimum atomic E-state index is -4.04. The number of sulfonamides is 1. The molecule has 0 fully saturated rings. The highest BCUT2D eigenvalue weighted by Crippen LogP contribution is 2.21. The Morgan fingerprint density at radius 1 is 1.11 bits per heavy atom. The average molecular weight is 413 g/mol. The molecule has 2 amide bonds. The molecule has 0 aliphatic carbocycles. The number of amides is 2. The Morgan fingerprint density at radius 3 is 2.37 bits per heavy atom. The van der Waals surface area contributed by atoms with E-state index in [4.69, 9.17) is 16.3 Å². The molecular formula is C17H17ClN2O6S. The van der Waals surface area contributed by atoms with Gasteiger partial charge in [-0.1, -0.05) is 11.6 Å². The summed E-state index contributed by atoms with van der Waals surface area (Å²) in [4.78, 5) is 22.9. The van der Waals surface area contributed by atoms with E-state index in [-0.39, 0.29) is 11.5 Å². The summed E-state index contributed by atoms with van der Waals surface area (Å²) in [5, 5.41) is 3.15. The molecule has 0 bridgehead atoms. The molecule has 8 nitrogen and oxygen atoms in total. The van der Waals surface area contributed by atoms with Gasteiger partial charge >= 0.3 is 6.09 Å². The molecule has 0 saturated heterocycles. The lowest BCUT2D eigenvalue weighted by Crippen LogP contribution is -2.30. The van der Waals surface area contributed by atoms with Gasteiger partial charge in [0.25, 0.3) is 15.9 Å². The molecule has 0 atom stereocenters. The van der Waals surface area contributed by atoms with E-state index >= 15 is 0 Å². The van der Waals surface area contributed by atoms with Crippen LogP contribution in [0.5, 0.6) is 5.75 Å². The van der Waals surface area contributed by atoms with Crippen LogP contribution in [0.15, 0.2) is 47.4 Å². The third kappa shape index (κ3) is 5.87. The van der Waals surface area contributed by atoms with Gasteiger partial charge in [0, 0.05) is 10.7 Å². The second-order valence-corrected chi connectivity index (χ2v) is 7.49. The van der Waals surface area contributed by atoms with E-state index in [1.165, 1.54) is 24.3 Å². The molecule has 2 aromatic rings. The zero-order valence-electron chi connectivity index (χ0n) is 14.5. The first kappa shape index (κ1) is 20.5. The third-order valence-corrected chi connectivity index (χ3v) is 4.91. The molecule has 0 saturated carbocycles. The molecule has 0 heterocycles. The zero-order valence-corrected chi connectivity index (χ0v) is 16.1. The number of methoxy groups -OCH3 is 1. The minimum absolute atomic E-state index is 0.154. The largest absolute Gasteiger partial charge is 0.483 e. The fourth-order valence-electron chi connectivity index (χ4n) is 2.04. The number of nitrogens with one attached hydrogen (secondary N) is 2. The summed E-state index contributed by atoms with van der Waals surface area (Å²) < 4.78 is 35.3. The molecule has 2 aromatic carbocycles. The lowest BCUT2D eigenvalue weighted by Gasteiger charge is -2.10. The van der Waals surface area contributed by atoms with Gasteiger partial charge < -0.3 is 14.8 Å². The summed E-state index contributed by atoms with van der Waals surface area (Å²) in [6, 6.07) is 10.3. The molecule has 0 aliphatic heterocycles. The Morgan fingerprint density at radius 2 is 1.78 bits per heavy atom. The van der Waals surface area contributed by atoms with Gasteiger partial charge in [-0.15, -0.1) is 0 Å². The van der Waals surface area contributed by atoms with Crippen molar-refractivity contribution < 1.29 is 27.5 Å². The van der Waals surface area contributed by atoms with Crippen LogP contribution in [0.4, 0.5) is 10.5 Å². The van der Waals surface area contributed by atoms with Gasteiger partial charge in [-0.05, 0) is 55.0 Å². The Balaban J connectivity index is 1.95. The zero-order chi connectivity index (χ0) is 20.0. The van der Waals surface area contributed by atoms with Gasteiger partial charge in [-0.2, -0.15) is 0 Å². The number of anilines is 1. The van der Waals surface area contributed by atoms with E-state index < -0.39 is 22.0 Å². The van der Waals surface area contributed by atoms with E-state index in [1.807, 2.05) is 0 Å². The number of carbonyl (C=O) groups is 2. The molecule has 0 aromatic heterocycles. The number of aryl methyl sites for hydroxylation is 1. The predicted molar refractivity (Wildman–Crippen MR) is 99.5 cm³/mol. The van der Waals surface area contributed by atoms with Gasteiger partial charge in [-0.3, -0.25) is 4.79 Å². The highest BCUT2D eigenvalue weighted by molar-refractivity contribution is 7.90. The summed E-state index contributed by atoms with van der Waals surface area (Å²) in [6.45, 7) is 1.58. The molecule has 144 valence electrons. The van der Waals surface area contributed by atoms with Crippen LogP contribution >= 0.6 is 11.6 Å². The molecule has 0 unspecified atom stereocenters. The minimum Gasteiger partial charge on any atom is -0.483 e. The smallest absolute Gasteiger partial charge is 0.420 e. The highest BCUT2D eigenvalue weighted by Gasteiger charge is 2.17.